The fraction of sp³-hybridized carbons (Fsp3) is 0.600. The fourth-order valence-electron chi connectivity index (χ4n) is 1.72. The van der Waals surface area contributed by atoms with Gasteiger partial charge in [-0.15, -0.1) is 0 Å². The second-order valence-corrected chi connectivity index (χ2v) is 4.34. The second-order valence-electron chi connectivity index (χ2n) is 4.34. The second kappa shape index (κ2) is 10.5. The Morgan fingerprint density at radius 3 is 2.50 bits per heavy atom. The molecule has 0 bridgehead atoms. The number of hydrogen-bond donors (Lipinski definition) is 1. The van der Waals surface area contributed by atoms with Crippen molar-refractivity contribution in [2.24, 2.45) is 0 Å². The molecule has 114 valence electrons. The van der Waals surface area contributed by atoms with Gasteiger partial charge < -0.3 is 24.3 Å². The van der Waals surface area contributed by atoms with Gasteiger partial charge in [0.25, 0.3) is 0 Å². The summed E-state index contributed by atoms with van der Waals surface area (Å²) in [6.45, 7) is 3.58. The van der Waals surface area contributed by atoms with E-state index in [-0.39, 0.29) is 0 Å². The van der Waals surface area contributed by atoms with Crippen molar-refractivity contribution in [3.05, 3.63) is 23.8 Å². The summed E-state index contributed by atoms with van der Waals surface area (Å²) >= 11 is 0. The molecule has 0 aliphatic heterocycles. The molecule has 0 spiro atoms. The van der Waals surface area contributed by atoms with Gasteiger partial charge in [-0.05, 0) is 6.07 Å². The molecule has 0 saturated carbocycles. The van der Waals surface area contributed by atoms with E-state index in [0.717, 1.165) is 36.6 Å². The molecule has 0 aromatic heterocycles. The van der Waals surface area contributed by atoms with Gasteiger partial charge in [-0.1, -0.05) is 6.07 Å². The van der Waals surface area contributed by atoms with E-state index < -0.39 is 0 Å². The van der Waals surface area contributed by atoms with Crippen LogP contribution in [0.4, 0.5) is 0 Å². The van der Waals surface area contributed by atoms with Crippen molar-refractivity contribution in [2.45, 2.75) is 13.0 Å². The molecule has 0 aliphatic rings. The van der Waals surface area contributed by atoms with Crippen molar-refractivity contribution >= 4 is 0 Å². The van der Waals surface area contributed by atoms with Gasteiger partial charge in [0.1, 0.15) is 11.5 Å². The normalized spacial score (nSPS) is 10.6. The minimum Gasteiger partial charge on any atom is -0.497 e. The van der Waals surface area contributed by atoms with Gasteiger partial charge in [-0.25, -0.2) is 0 Å². The third kappa shape index (κ3) is 6.23. The highest BCUT2D eigenvalue weighted by molar-refractivity contribution is 5.40. The van der Waals surface area contributed by atoms with Crippen molar-refractivity contribution in [2.75, 3.05) is 47.7 Å². The van der Waals surface area contributed by atoms with E-state index in [9.17, 15) is 0 Å². The van der Waals surface area contributed by atoms with Crippen LogP contribution in [0, 0.1) is 0 Å². The summed E-state index contributed by atoms with van der Waals surface area (Å²) < 4.78 is 21.1. The number of rotatable bonds is 11. The van der Waals surface area contributed by atoms with Crippen molar-refractivity contribution in [3.63, 3.8) is 0 Å². The molecular formula is C15H25NO4. The smallest absolute Gasteiger partial charge is 0.127 e. The zero-order valence-electron chi connectivity index (χ0n) is 12.6. The van der Waals surface area contributed by atoms with Crippen LogP contribution in [-0.2, 0) is 16.0 Å². The fourth-order valence-corrected chi connectivity index (χ4v) is 1.72. The lowest BCUT2D eigenvalue weighted by Gasteiger charge is -2.13. The van der Waals surface area contributed by atoms with Crippen molar-refractivity contribution in [1.82, 2.24) is 5.32 Å². The van der Waals surface area contributed by atoms with E-state index in [0.29, 0.717) is 19.8 Å². The number of methoxy groups -OCH3 is 3. The lowest BCUT2D eigenvalue weighted by molar-refractivity contribution is 0.171. The first kappa shape index (κ1) is 16.8. The van der Waals surface area contributed by atoms with Crippen LogP contribution in [0.15, 0.2) is 18.2 Å². The molecule has 20 heavy (non-hydrogen) atoms. The van der Waals surface area contributed by atoms with E-state index in [1.807, 2.05) is 18.2 Å². The maximum atomic E-state index is 5.81. The summed E-state index contributed by atoms with van der Waals surface area (Å²) in [6.07, 6.45) is 0.865. The molecule has 0 radical (unpaired) electrons. The molecule has 0 atom stereocenters. The van der Waals surface area contributed by atoms with Gasteiger partial charge in [0.15, 0.2) is 0 Å². The molecule has 5 nitrogen and oxygen atoms in total. The van der Waals surface area contributed by atoms with Gasteiger partial charge in [0, 0.05) is 52.0 Å². The molecule has 1 aromatic carbocycles. The van der Waals surface area contributed by atoms with Gasteiger partial charge in [-0.3, -0.25) is 0 Å². The Morgan fingerprint density at radius 1 is 1.00 bits per heavy atom. The molecule has 0 amide bonds. The summed E-state index contributed by atoms with van der Waals surface area (Å²) in [7, 11) is 5.04. The van der Waals surface area contributed by atoms with Crippen LogP contribution in [0.25, 0.3) is 0 Å². The zero-order valence-corrected chi connectivity index (χ0v) is 12.6. The van der Waals surface area contributed by atoms with Crippen LogP contribution in [-0.4, -0.2) is 47.7 Å². The van der Waals surface area contributed by atoms with E-state index in [1.54, 1.807) is 21.3 Å². The van der Waals surface area contributed by atoms with Crippen LogP contribution >= 0.6 is 0 Å². The molecule has 1 aromatic rings. The quantitative estimate of drug-likeness (QED) is 0.628. The first-order valence-corrected chi connectivity index (χ1v) is 6.80. The van der Waals surface area contributed by atoms with Crippen LogP contribution in [0.3, 0.4) is 0 Å². The van der Waals surface area contributed by atoms with Crippen molar-refractivity contribution in [3.8, 4) is 11.5 Å². The SMILES string of the molecule is COCCCOc1cc(OC)ccc1CNCCOC. The van der Waals surface area contributed by atoms with E-state index in [1.165, 1.54) is 0 Å². The molecule has 5 heteroatoms. The highest BCUT2D eigenvalue weighted by atomic mass is 16.5. The molecule has 0 heterocycles. The molecule has 1 rings (SSSR count). The topological polar surface area (TPSA) is 49.0 Å². The van der Waals surface area contributed by atoms with Crippen LogP contribution in [0.5, 0.6) is 11.5 Å². The summed E-state index contributed by atoms with van der Waals surface area (Å²) in [4.78, 5) is 0. The minimum absolute atomic E-state index is 0.631. The minimum atomic E-state index is 0.631. The lowest BCUT2D eigenvalue weighted by atomic mass is 10.2. The van der Waals surface area contributed by atoms with Crippen LogP contribution in [0.1, 0.15) is 12.0 Å². The predicted molar refractivity (Wildman–Crippen MR) is 78.6 cm³/mol. The third-order valence-electron chi connectivity index (χ3n) is 2.82. The summed E-state index contributed by atoms with van der Waals surface area (Å²) in [5.74, 6) is 1.65. The Labute approximate surface area is 121 Å². The summed E-state index contributed by atoms with van der Waals surface area (Å²) in [6, 6.07) is 5.87. The van der Waals surface area contributed by atoms with Crippen LogP contribution < -0.4 is 14.8 Å². The molecule has 0 unspecified atom stereocenters. The zero-order chi connectivity index (χ0) is 14.6. The largest absolute Gasteiger partial charge is 0.497 e. The predicted octanol–water partition coefficient (Wildman–Crippen LogP) is 1.85. The molecule has 0 aliphatic carbocycles. The first-order chi connectivity index (χ1) is 9.81. The number of hydrogen-bond acceptors (Lipinski definition) is 5. The maximum Gasteiger partial charge on any atom is 0.127 e. The van der Waals surface area contributed by atoms with E-state index >= 15 is 0 Å². The van der Waals surface area contributed by atoms with Crippen LogP contribution in [0.2, 0.25) is 0 Å². The van der Waals surface area contributed by atoms with Gasteiger partial charge >= 0.3 is 0 Å². The Kier molecular flexibility index (Phi) is 8.78. The number of benzene rings is 1. The Hall–Kier alpha value is -1.30. The average molecular weight is 283 g/mol. The first-order valence-electron chi connectivity index (χ1n) is 6.80. The van der Waals surface area contributed by atoms with Gasteiger partial charge in [-0.2, -0.15) is 0 Å². The standard InChI is InChI=1S/C15H25NO4/c1-17-8-4-9-20-15-11-14(19-3)6-5-13(15)12-16-7-10-18-2/h5-6,11,16H,4,7-10,12H2,1-3H3. The van der Waals surface area contributed by atoms with Crippen molar-refractivity contribution in [1.29, 1.82) is 0 Å². The van der Waals surface area contributed by atoms with Gasteiger partial charge in [0.05, 0.1) is 20.3 Å². The highest BCUT2D eigenvalue weighted by Gasteiger charge is 2.06. The Morgan fingerprint density at radius 2 is 1.80 bits per heavy atom. The monoisotopic (exact) mass is 283 g/mol. The summed E-state index contributed by atoms with van der Waals surface area (Å²) in [5.41, 5.74) is 1.11. The Balaban J connectivity index is 2.56. The Bertz CT molecular complexity index is 371. The van der Waals surface area contributed by atoms with Crippen molar-refractivity contribution < 1.29 is 18.9 Å². The third-order valence-corrected chi connectivity index (χ3v) is 2.82. The number of ether oxygens (including phenoxy) is 4. The lowest BCUT2D eigenvalue weighted by Crippen LogP contribution is -2.19. The van der Waals surface area contributed by atoms with E-state index in [2.05, 4.69) is 5.32 Å². The summed E-state index contributed by atoms with van der Waals surface area (Å²) in [5, 5.41) is 3.31. The number of nitrogens with one attached hydrogen (secondary N) is 1. The van der Waals surface area contributed by atoms with Gasteiger partial charge in [0.2, 0.25) is 0 Å². The maximum absolute atomic E-state index is 5.81. The molecule has 0 fully saturated rings. The average Bonchev–Trinajstić information content (AvgIpc) is 2.49. The molecule has 0 saturated heterocycles. The molecular weight excluding hydrogens is 258 g/mol. The molecule has 1 N–H and O–H groups in total. The highest BCUT2D eigenvalue weighted by Crippen LogP contribution is 2.25. The van der Waals surface area contributed by atoms with E-state index in [4.69, 9.17) is 18.9 Å².